The molecule has 120 valence electrons. The lowest BCUT2D eigenvalue weighted by molar-refractivity contribution is 0.0466. The summed E-state index contributed by atoms with van der Waals surface area (Å²) in [5.74, 6) is 1.80. The number of ether oxygens (including phenoxy) is 1. The van der Waals surface area contributed by atoms with Crippen LogP contribution in [-0.2, 0) is 11.3 Å². The number of rotatable bonds is 6. The fourth-order valence-corrected chi connectivity index (χ4v) is 2.95. The van der Waals surface area contributed by atoms with Crippen molar-refractivity contribution in [2.45, 2.75) is 45.3 Å². The zero-order valence-corrected chi connectivity index (χ0v) is 13.1. The van der Waals surface area contributed by atoms with Gasteiger partial charge in [-0.05, 0) is 38.7 Å². The van der Waals surface area contributed by atoms with Gasteiger partial charge in [0.1, 0.15) is 0 Å². The maximum atomic E-state index is 5.47. The Labute approximate surface area is 130 Å². The third kappa shape index (κ3) is 3.72. The van der Waals surface area contributed by atoms with E-state index in [2.05, 4.69) is 27.5 Å². The Balaban J connectivity index is 1.70. The second-order valence-corrected chi connectivity index (χ2v) is 5.90. The topological polar surface area (TPSA) is 78.0 Å². The van der Waals surface area contributed by atoms with Crippen LogP contribution in [0.2, 0.25) is 0 Å². The molecule has 0 aliphatic carbocycles. The highest BCUT2D eigenvalue weighted by atomic mass is 16.5. The zero-order valence-electron chi connectivity index (χ0n) is 13.1. The highest BCUT2D eigenvalue weighted by Crippen LogP contribution is 2.29. The van der Waals surface area contributed by atoms with Crippen LogP contribution in [0.3, 0.4) is 0 Å². The molecule has 0 spiro atoms. The van der Waals surface area contributed by atoms with Gasteiger partial charge in [0, 0.05) is 31.6 Å². The van der Waals surface area contributed by atoms with Crippen LogP contribution in [0.4, 0.5) is 0 Å². The Hall–Kier alpha value is -1.73. The Kier molecular flexibility index (Phi) is 4.84. The van der Waals surface area contributed by atoms with Crippen LogP contribution in [0.5, 0.6) is 0 Å². The molecular formula is C15H23N5O2. The molecule has 7 nitrogen and oxygen atoms in total. The van der Waals surface area contributed by atoms with Gasteiger partial charge in [-0.25, -0.2) is 0 Å². The first-order valence-electron chi connectivity index (χ1n) is 7.84. The summed E-state index contributed by atoms with van der Waals surface area (Å²) >= 11 is 0. The van der Waals surface area contributed by atoms with E-state index in [0.29, 0.717) is 17.6 Å². The van der Waals surface area contributed by atoms with Crippen LogP contribution in [0.15, 0.2) is 23.0 Å². The smallest absolute Gasteiger partial charge is 0.244 e. The first-order chi connectivity index (χ1) is 10.7. The maximum absolute atomic E-state index is 5.47. The maximum Gasteiger partial charge on any atom is 0.244 e. The minimum Gasteiger partial charge on any atom is -0.381 e. The summed E-state index contributed by atoms with van der Waals surface area (Å²) in [5.41, 5.74) is 0. The Morgan fingerprint density at radius 1 is 1.41 bits per heavy atom. The number of aryl methyl sites for hydroxylation is 1. The van der Waals surface area contributed by atoms with Gasteiger partial charge in [0.25, 0.3) is 0 Å². The second kappa shape index (κ2) is 7.02. The average Bonchev–Trinajstić information content (AvgIpc) is 3.17. The molecule has 0 unspecified atom stereocenters. The van der Waals surface area contributed by atoms with Crippen molar-refractivity contribution >= 4 is 0 Å². The number of aromatic nitrogens is 4. The fourth-order valence-electron chi connectivity index (χ4n) is 2.95. The lowest BCUT2D eigenvalue weighted by Crippen LogP contribution is -2.39. The van der Waals surface area contributed by atoms with E-state index in [1.165, 1.54) is 0 Å². The molecule has 2 atom stereocenters. The summed E-state index contributed by atoms with van der Waals surface area (Å²) in [5, 5.41) is 11.8. The molecule has 3 heterocycles. The summed E-state index contributed by atoms with van der Waals surface area (Å²) in [6.45, 7) is 6.39. The first kappa shape index (κ1) is 15.2. The summed E-state index contributed by atoms with van der Waals surface area (Å²) in [4.78, 5) is 4.43. The standard InChI is InChI=1S/C15H23N5O2/c1-11(10-20-7-3-6-16-20)17-14(13-4-8-21-9-5-13)15-18-12(2)19-22-15/h3,6-7,11,13-14,17H,4-5,8-10H2,1-2H3/t11-,14-/m0/s1. The molecule has 1 saturated heterocycles. The lowest BCUT2D eigenvalue weighted by atomic mass is 9.91. The molecular weight excluding hydrogens is 282 g/mol. The van der Waals surface area contributed by atoms with Crippen molar-refractivity contribution in [3.8, 4) is 0 Å². The molecule has 0 amide bonds. The molecule has 2 aromatic heterocycles. The monoisotopic (exact) mass is 305 g/mol. The number of nitrogens with zero attached hydrogens (tertiary/aromatic N) is 4. The summed E-state index contributed by atoms with van der Waals surface area (Å²) in [7, 11) is 0. The van der Waals surface area contributed by atoms with E-state index >= 15 is 0 Å². The van der Waals surface area contributed by atoms with Gasteiger partial charge in [0.2, 0.25) is 5.89 Å². The van der Waals surface area contributed by atoms with Crippen molar-refractivity contribution in [3.05, 3.63) is 30.2 Å². The molecule has 0 bridgehead atoms. The van der Waals surface area contributed by atoms with E-state index in [0.717, 1.165) is 32.6 Å². The SMILES string of the molecule is Cc1noc([C@@H](N[C@@H](C)Cn2cccn2)C2CCOCC2)n1. The fraction of sp³-hybridized carbons (Fsp3) is 0.667. The molecule has 1 aliphatic rings. The molecule has 1 N–H and O–H groups in total. The number of nitrogens with one attached hydrogen (secondary N) is 1. The van der Waals surface area contributed by atoms with Crippen molar-refractivity contribution in [1.29, 1.82) is 0 Å². The van der Waals surface area contributed by atoms with Gasteiger partial charge in [-0.2, -0.15) is 10.1 Å². The van der Waals surface area contributed by atoms with Crippen molar-refractivity contribution in [3.63, 3.8) is 0 Å². The highest BCUT2D eigenvalue weighted by Gasteiger charge is 2.30. The summed E-state index contributed by atoms with van der Waals surface area (Å²) in [6, 6.07) is 2.25. The summed E-state index contributed by atoms with van der Waals surface area (Å²) in [6.07, 6.45) is 5.78. The second-order valence-electron chi connectivity index (χ2n) is 5.90. The predicted octanol–water partition coefficient (Wildman–Crippen LogP) is 1.72. The third-order valence-corrected chi connectivity index (χ3v) is 4.03. The Morgan fingerprint density at radius 3 is 2.86 bits per heavy atom. The van der Waals surface area contributed by atoms with Crippen LogP contribution in [0, 0.1) is 12.8 Å². The number of hydrogen-bond donors (Lipinski definition) is 1. The van der Waals surface area contributed by atoms with E-state index in [9.17, 15) is 0 Å². The molecule has 22 heavy (non-hydrogen) atoms. The van der Waals surface area contributed by atoms with E-state index in [1.807, 2.05) is 23.9 Å². The largest absolute Gasteiger partial charge is 0.381 e. The predicted molar refractivity (Wildman–Crippen MR) is 80.1 cm³/mol. The van der Waals surface area contributed by atoms with Gasteiger partial charge in [-0.1, -0.05) is 5.16 Å². The Morgan fingerprint density at radius 2 is 2.23 bits per heavy atom. The number of hydrogen-bond acceptors (Lipinski definition) is 6. The van der Waals surface area contributed by atoms with Gasteiger partial charge in [0.05, 0.1) is 12.6 Å². The van der Waals surface area contributed by atoms with Crippen molar-refractivity contribution < 1.29 is 9.26 Å². The van der Waals surface area contributed by atoms with E-state index in [4.69, 9.17) is 9.26 Å². The molecule has 1 fully saturated rings. The normalized spacial score (nSPS) is 19.2. The summed E-state index contributed by atoms with van der Waals surface area (Å²) < 4.78 is 12.8. The van der Waals surface area contributed by atoms with E-state index in [1.54, 1.807) is 6.20 Å². The molecule has 0 aromatic carbocycles. The van der Waals surface area contributed by atoms with Gasteiger partial charge < -0.3 is 14.6 Å². The Bertz CT molecular complexity index is 562. The molecule has 0 saturated carbocycles. The molecule has 7 heteroatoms. The molecule has 1 aliphatic heterocycles. The van der Waals surface area contributed by atoms with Crippen molar-refractivity contribution in [2.24, 2.45) is 5.92 Å². The van der Waals surface area contributed by atoms with Crippen LogP contribution in [0.25, 0.3) is 0 Å². The van der Waals surface area contributed by atoms with Gasteiger partial charge >= 0.3 is 0 Å². The van der Waals surface area contributed by atoms with Crippen molar-refractivity contribution in [1.82, 2.24) is 25.2 Å². The average molecular weight is 305 g/mol. The van der Waals surface area contributed by atoms with Gasteiger partial charge in [-0.15, -0.1) is 0 Å². The molecule has 0 radical (unpaired) electrons. The molecule has 3 rings (SSSR count). The van der Waals surface area contributed by atoms with Crippen LogP contribution in [0.1, 0.15) is 37.5 Å². The third-order valence-electron chi connectivity index (χ3n) is 4.03. The van der Waals surface area contributed by atoms with E-state index < -0.39 is 0 Å². The lowest BCUT2D eigenvalue weighted by Gasteiger charge is -2.30. The van der Waals surface area contributed by atoms with Crippen LogP contribution in [-0.4, -0.2) is 39.2 Å². The first-order valence-corrected chi connectivity index (χ1v) is 7.84. The zero-order chi connectivity index (χ0) is 15.4. The van der Waals surface area contributed by atoms with Crippen LogP contribution >= 0.6 is 0 Å². The highest BCUT2D eigenvalue weighted by molar-refractivity contribution is 4.96. The quantitative estimate of drug-likeness (QED) is 0.875. The van der Waals surface area contributed by atoms with Crippen molar-refractivity contribution in [2.75, 3.05) is 13.2 Å². The van der Waals surface area contributed by atoms with Crippen LogP contribution < -0.4 is 5.32 Å². The minimum absolute atomic E-state index is 0.0654. The molecule has 2 aromatic rings. The minimum atomic E-state index is 0.0654. The van der Waals surface area contributed by atoms with Gasteiger partial charge in [0.15, 0.2) is 5.82 Å². The van der Waals surface area contributed by atoms with E-state index in [-0.39, 0.29) is 12.1 Å². The van der Waals surface area contributed by atoms with Gasteiger partial charge in [-0.3, -0.25) is 4.68 Å².